The van der Waals surface area contributed by atoms with E-state index in [2.05, 4.69) is 15.6 Å². The number of nitrogens with one attached hydrogen (secondary N) is 1. The largest absolute Gasteiger partial charge is 0.452 e. The zero-order valence-electron chi connectivity index (χ0n) is 15.8. The predicted molar refractivity (Wildman–Crippen MR) is 103 cm³/mol. The summed E-state index contributed by atoms with van der Waals surface area (Å²) in [5.74, 6) is -0.289. The molecule has 2 aromatic heterocycles. The van der Waals surface area contributed by atoms with Crippen LogP contribution in [0.5, 0.6) is 0 Å². The smallest absolute Gasteiger partial charge is 0.331 e. The Bertz CT molecular complexity index is 1020. The number of carbonyl (C=O) groups is 2. The summed E-state index contributed by atoms with van der Waals surface area (Å²) in [5, 5.41) is 10.6. The van der Waals surface area contributed by atoms with Gasteiger partial charge in [0.25, 0.3) is 5.91 Å². The summed E-state index contributed by atoms with van der Waals surface area (Å²) in [6, 6.07) is 11.3. The van der Waals surface area contributed by atoms with Crippen LogP contribution in [-0.4, -0.2) is 33.4 Å². The van der Waals surface area contributed by atoms with Crippen LogP contribution in [0.3, 0.4) is 0 Å². The van der Waals surface area contributed by atoms with Gasteiger partial charge in [-0.1, -0.05) is 23.4 Å². The Morgan fingerprint density at radius 3 is 2.64 bits per heavy atom. The Kier molecular flexibility index (Phi) is 5.69. The average molecular weight is 380 g/mol. The maximum absolute atomic E-state index is 11.9. The second kappa shape index (κ2) is 8.34. The summed E-state index contributed by atoms with van der Waals surface area (Å²) in [4.78, 5) is 23.7. The highest BCUT2D eigenvalue weighted by Crippen LogP contribution is 2.19. The normalized spacial score (nSPS) is 11.0. The molecule has 0 saturated carbocycles. The number of anilines is 1. The number of aromatic nitrogens is 3. The van der Waals surface area contributed by atoms with E-state index >= 15 is 0 Å². The van der Waals surface area contributed by atoms with Gasteiger partial charge in [-0.3, -0.25) is 4.79 Å². The van der Waals surface area contributed by atoms with Gasteiger partial charge in [0.15, 0.2) is 12.4 Å². The van der Waals surface area contributed by atoms with Gasteiger partial charge in [0.05, 0.1) is 11.4 Å². The van der Waals surface area contributed by atoms with Crippen LogP contribution in [0.25, 0.3) is 11.8 Å². The first-order chi connectivity index (χ1) is 13.4. The minimum Gasteiger partial charge on any atom is -0.452 e. The lowest BCUT2D eigenvalue weighted by atomic mass is 10.2. The zero-order valence-corrected chi connectivity index (χ0v) is 15.8. The third-order valence-electron chi connectivity index (χ3n) is 3.98. The summed E-state index contributed by atoms with van der Waals surface area (Å²) in [6.07, 6.45) is 2.91. The fourth-order valence-electron chi connectivity index (χ4n) is 2.66. The molecule has 0 bridgehead atoms. The minimum absolute atomic E-state index is 0.272. The van der Waals surface area contributed by atoms with Gasteiger partial charge in [-0.25, -0.2) is 9.48 Å². The van der Waals surface area contributed by atoms with Crippen LogP contribution < -0.4 is 5.32 Å². The number of hydrogen-bond acceptors (Lipinski definition) is 6. The SMILES string of the molecule is Cc1cc(NC(=O)COC(=O)C=Cc2c(C)nn(-c3ccccc3)c2C)no1. The molecule has 0 aliphatic carbocycles. The van der Waals surface area contributed by atoms with E-state index in [0.717, 1.165) is 22.6 Å². The first-order valence-electron chi connectivity index (χ1n) is 8.63. The van der Waals surface area contributed by atoms with E-state index in [1.165, 1.54) is 6.08 Å². The van der Waals surface area contributed by atoms with Crippen LogP contribution >= 0.6 is 0 Å². The first-order valence-corrected chi connectivity index (χ1v) is 8.63. The lowest BCUT2D eigenvalue weighted by Gasteiger charge is -2.04. The summed E-state index contributed by atoms with van der Waals surface area (Å²) in [5.41, 5.74) is 3.44. The Morgan fingerprint density at radius 1 is 1.21 bits per heavy atom. The molecule has 1 N–H and O–H groups in total. The molecular formula is C20H20N4O4. The first kappa shape index (κ1) is 19.1. The third-order valence-corrected chi connectivity index (χ3v) is 3.98. The van der Waals surface area contributed by atoms with Crippen molar-refractivity contribution in [2.75, 3.05) is 11.9 Å². The van der Waals surface area contributed by atoms with Crippen molar-refractivity contribution in [3.05, 3.63) is 65.2 Å². The van der Waals surface area contributed by atoms with Crippen molar-refractivity contribution in [1.82, 2.24) is 14.9 Å². The van der Waals surface area contributed by atoms with E-state index in [-0.39, 0.29) is 5.82 Å². The van der Waals surface area contributed by atoms with Gasteiger partial charge < -0.3 is 14.6 Å². The summed E-state index contributed by atoms with van der Waals surface area (Å²) in [6.45, 7) is 5.07. The van der Waals surface area contributed by atoms with Crippen LogP contribution in [0, 0.1) is 20.8 Å². The molecule has 0 aliphatic heterocycles. The van der Waals surface area contributed by atoms with E-state index in [1.807, 2.05) is 48.9 Å². The number of carbonyl (C=O) groups excluding carboxylic acids is 2. The standard InChI is InChI=1S/C20H20N4O4/c1-13-11-18(23-28-13)21-19(25)12-27-20(26)10-9-17-14(2)22-24(15(17)3)16-7-5-4-6-8-16/h4-11H,12H2,1-3H3,(H,21,23,25). The van der Waals surface area contributed by atoms with E-state index in [4.69, 9.17) is 9.26 Å². The number of esters is 1. The van der Waals surface area contributed by atoms with Crippen LogP contribution in [0.2, 0.25) is 0 Å². The molecule has 0 saturated heterocycles. The van der Waals surface area contributed by atoms with Crippen LogP contribution in [-0.2, 0) is 14.3 Å². The molecule has 0 atom stereocenters. The maximum atomic E-state index is 11.9. The second-order valence-corrected chi connectivity index (χ2v) is 6.14. The molecule has 0 fully saturated rings. The van der Waals surface area contributed by atoms with E-state index in [0.29, 0.717) is 5.76 Å². The van der Waals surface area contributed by atoms with Crippen LogP contribution in [0.1, 0.15) is 22.7 Å². The molecule has 8 heteroatoms. The molecule has 1 aromatic carbocycles. The lowest BCUT2D eigenvalue weighted by molar-refractivity contribution is -0.142. The van der Waals surface area contributed by atoms with E-state index < -0.39 is 18.5 Å². The molecule has 0 radical (unpaired) electrons. The van der Waals surface area contributed by atoms with Gasteiger partial charge in [-0.2, -0.15) is 5.10 Å². The number of rotatable bonds is 6. The number of benzene rings is 1. The molecule has 28 heavy (non-hydrogen) atoms. The van der Waals surface area contributed by atoms with Crippen molar-refractivity contribution in [2.45, 2.75) is 20.8 Å². The van der Waals surface area contributed by atoms with E-state index in [9.17, 15) is 9.59 Å². The third kappa shape index (κ3) is 4.53. The summed E-state index contributed by atoms with van der Waals surface area (Å²) in [7, 11) is 0. The number of para-hydroxylation sites is 1. The van der Waals surface area contributed by atoms with Gasteiger partial charge in [0, 0.05) is 23.4 Å². The van der Waals surface area contributed by atoms with Crippen molar-refractivity contribution < 1.29 is 18.8 Å². The van der Waals surface area contributed by atoms with Gasteiger partial charge in [-0.15, -0.1) is 0 Å². The predicted octanol–water partition coefficient (Wildman–Crippen LogP) is 2.98. The van der Waals surface area contributed by atoms with E-state index in [1.54, 1.807) is 19.1 Å². The molecule has 8 nitrogen and oxygen atoms in total. The fraction of sp³-hybridized carbons (Fsp3) is 0.200. The molecule has 0 unspecified atom stereocenters. The van der Waals surface area contributed by atoms with Gasteiger partial charge >= 0.3 is 5.97 Å². The Labute approximate surface area is 161 Å². The lowest BCUT2D eigenvalue weighted by Crippen LogP contribution is -2.20. The van der Waals surface area contributed by atoms with Crippen molar-refractivity contribution in [2.24, 2.45) is 0 Å². The molecule has 1 amide bonds. The van der Waals surface area contributed by atoms with Gasteiger partial charge in [0.2, 0.25) is 0 Å². The fourth-order valence-corrected chi connectivity index (χ4v) is 2.66. The van der Waals surface area contributed by atoms with Crippen LogP contribution in [0.4, 0.5) is 5.82 Å². The Morgan fingerprint density at radius 2 is 1.96 bits per heavy atom. The van der Waals surface area contributed by atoms with Crippen molar-refractivity contribution >= 4 is 23.8 Å². The zero-order chi connectivity index (χ0) is 20.1. The molecule has 2 heterocycles. The molecular weight excluding hydrogens is 360 g/mol. The molecule has 144 valence electrons. The Balaban J connectivity index is 1.60. The van der Waals surface area contributed by atoms with Crippen molar-refractivity contribution in [3.63, 3.8) is 0 Å². The van der Waals surface area contributed by atoms with Gasteiger partial charge in [-0.05, 0) is 39.0 Å². The highest BCUT2D eigenvalue weighted by Gasteiger charge is 2.12. The molecule has 3 rings (SSSR count). The number of hydrogen-bond donors (Lipinski definition) is 1. The monoisotopic (exact) mass is 380 g/mol. The second-order valence-electron chi connectivity index (χ2n) is 6.14. The molecule has 0 spiro atoms. The topological polar surface area (TPSA) is 99.2 Å². The molecule has 0 aliphatic rings. The highest BCUT2D eigenvalue weighted by atomic mass is 16.5. The van der Waals surface area contributed by atoms with Crippen molar-refractivity contribution in [1.29, 1.82) is 0 Å². The van der Waals surface area contributed by atoms with Crippen LogP contribution in [0.15, 0.2) is 47.0 Å². The van der Waals surface area contributed by atoms with Gasteiger partial charge in [0.1, 0.15) is 5.76 Å². The Hall–Kier alpha value is -3.68. The molecule has 3 aromatic rings. The average Bonchev–Trinajstić information content (AvgIpc) is 3.21. The number of aryl methyl sites for hydroxylation is 2. The quantitative estimate of drug-likeness (QED) is 0.521. The highest BCUT2D eigenvalue weighted by molar-refractivity contribution is 5.94. The van der Waals surface area contributed by atoms with Crippen molar-refractivity contribution in [3.8, 4) is 5.69 Å². The number of ether oxygens (including phenoxy) is 1. The number of nitrogens with zero attached hydrogens (tertiary/aromatic N) is 3. The summed E-state index contributed by atoms with van der Waals surface area (Å²) < 4.78 is 11.6. The number of amides is 1. The summed E-state index contributed by atoms with van der Waals surface area (Å²) >= 11 is 0. The maximum Gasteiger partial charge on any atom is 0.331 e. The minimum atomic E-state index is -0.627.